The number of nitrogens with zero attached hydrogens (tertiary/aromatic N) is 1. The van der Waals surface area contributed by atoms with E-state index in [0.29, 0.717) is 22.5 Å². The zero-order valence-corrected chi connectivity index (χ0v) is 15.3. The summed E-state index contributed by atoms with van der Waals surface area (Å²) >= 11 is 6.46. The minimum Gasteiger partial charge on any atom is -0.321 e. The van der Waals surface area contributed by atoms with Crippen LogP contribution in [0, 0.1) is 12.7 Å². The van der Waals surface area contributed by atoms with Gasteiger partial charge in [-0.25, -0.2) is 9.37 Å². The van der Waals surface area contributed by atoms with Gasteiger partial charge in [0.15, 0.2) is 5.69 Å². The third kappa shape index (κ3) is 4.12. The summed E-state index contributed by atoms with van der Waals surface area (Å²) in [5.41, 5.74) is 0.0468. The zero-order valence-electron chi connectivity index (χ0n) is 13.7. The monoisotopic (exact) mass is 414 g/mol. The molecule has 1 amide bonds. The van der Waals surface area contributed by atoms with E-state index in [4.69, 9.17) is 11.6 Å². The fourth-order valence-corrected chi connectivity index (χ4v) is 3.47. The number of hydrogen-bond donors (Lipinski definition) is 1. The molecule has 0 aliphatic rings. The zero-order chi connectivity index (χ0) is 19.8. The van der Waals surface area contributed by atoms with E-state index in [1.54, 1.807) is 18.2 Å². The number of rotatable bonds is 3. The molecule has 3 rings (SSSR count). The van der Waals surface area contributed by atoms with Gasteiger partial charge in [-0.1, -0.05) is 35.9 Å². The van der Waals surface area contributed by atoms with Gasteiger partial charge in [0.2, 0.25) is 0 Å². The van der Waals surface area contributed by atoms with Gasteiger partial charge < -0.3 is 5.32 Å². The third-order valence-electron chi connectivity index (χ3n) is 3.61. The number of aromatic nitrogens is 1. The first kappa shape index (κ1) is 19.3. The van der Waals surface area contributed by atoms with Crippen molar-refractivity contribution < 1.29 is 22.4 Å². The van der Waals surface area contributed by atoms with Crippen LogP contribution >= 0.6 is 22.9 Å². The molecule has 0 saturated heterocycles. The molecular formula is C18H11ClF4N2OS. The van der Waals surface area contributed by atoms with E-state index in [1.165, 1.54) is 31.2 Å². The molecule has 27 heavy (non-hydrogen) atoms. The number of para-hydroxylation sites is 1. The molecule has 0 spiro atoms. The predicted octanol–water partition coefficient (Wildman–Crippen LogP) is 6.18. The summed E-state index contributed by atoms with van der Waals surface area (Å²) in [6.07, 6.45) is -4.73. The summed E-state index contributed by atoms with van der Waals surface area (Å²) in [7, 11) is 0. The Kier molecular flexibility index (Phi) is 5.21. The Hall–Kier alpha value is -2.45. The average molecular weight is 415 g/mol. The van der Waals surface area contributed by atoms with Crippen molar-refractivity contribution in [1.82, 2.24) is 4.98 Å². The second-order valence-electron chi connectivity index (χ2n) is 5.54. The van der Waals surface area contributed by atoms with Gasteiger partial charge in [0.25, 0.3) is 5.91 Å². The maximum Gasteiger partial charge on any atom is 0.435 e. The number of nitrogens with one attached hydrogen (secondary N) is 1. The average Bonchev–Trinajstić information content (AvgIpc) is 3.00. The smallest absolute Gasteiger partial charge is 0.321 e. The fraction of sp³-hybridized carbons (Fsp3) is 0.111. The van der Waals surface area contributed by atoms with E-state index < -0.39 is 28.5 Å². The van der Waals surface area contributed by atoms with E-state index in [9.17, 15) is 22.4 Å². The number of carbonyl (C=O) groups is 1. The Morgan fingerprint density at radius 1 is 1.19 bits per heavy atom. The lowest BCUT2D eigenvalue weighted by Gasteiger charge is -2.12. The van der Waals surface area contributed by atoms with Crippen molar-refractivity contribution in [3.63, 3.8) is 0 Å². The molecule has 1 N–H and O–H groups in total. The number of thiazole rings is 1. The van der Waals surface area contributed by atoms with E-state index >= 15 is 0 Å². The maximum atomic E-state index is 13.4. The highest BCUT2D eigenvalue weighted by Gasteiger charge is 2.39. The van der Waals surface area contributed by atoms with Crippen molar-refractivity contribution in [2.45, 2.75) is 13.1 Å². The summed E-state index contributed by atoms with van der Waals surface area (Å²) in [6, 6.07) is 10.5. The molecule has 0 aliphatic heterocycles. The number of carbonyl (C=O) groups excluding carboxylic acids is 1. The molecule has 0 atom stereocenters. The highest BCUT2D eigenvalue weighted by atomic mass is 35.5. The number of hydrogen-bond acceptors (Lipinski definition) is 3. The third-order valence-corrected chi connectivity index (χ3v) is 4.87. The summed E-state index contributed by atoms with van der Waals surface area (Å²) < 4.78 is 52.7. The summed E-state index contributed by atoms with van der Waals surface area (Å²) in [5.74, 6) is -1.52. The molecule has 0 unspecified atom stereocenters. The van der Waals surface area contributed by atoms with Crippen LogP contribution in [0.15, 0.2) is 42.5 Å². The second kappa shape index (κ2) is 7.28. The van der Waals surface area contributed by atoms with E-state index in [0.717, 1.165) is 0 Å². The molecule has 0 radical (unpaired) electrons. The van der Waals surface area contributed by atoms with Crippen LogP contribution in [0.5, 0.6) is 0 Å². The van der Waals surface area contributed by atoms with Crippen LogP contribution in [0.25, 0.3) is 11.1 Å². The molecule has 0 bridgehead atoms. The van der Waals surface area contributed by atoms with Crippen molar-refractivity contribution in [3.8, 4) is 11.1 Å². The lowest BCUT2D eigenvalue weighted by molar-refractivity contribution is -0.141. The molecule has 140 valence electrons. The van der Waals surface area contributed by atoms with Crippen LogP contribution in [-0.2, 0) is 6.18 Å². The van der Waals surface area contributed by atoms with Gasteiger partial charge in [-0.3, -0.25) is 4.79 Å². The van der Waals surface area contributed by atoms with Gasteiger partial charge in [-0.2, -0.15) is 13.2 Å². The quantitative estimate of drug-likeness (QED) is 0.520. The van der Waals surface area contributed by atoms with Crippen LogP contribution in [0.2, 0.25) is 5.02 Å². The molecule has 1 heterocycles. The van der Waals surface area contributed by atoms with E-state index in [-0.39, 0.29) is 15.7 Å². The van der Waals surface area contributed by atoms with Gasteiger partial charge in [0, 0.05) is 11.3 Å². The Bertz CT molecular complexity index is 1020. The van der Waals surface area contributed by atoms with Gasteiger partial charge in [0.05, 0.1) is 10.0 Å². The van der Waals surface area contributed by atoms with Crippen LogP contribution in [-0.4, -0.2) is 10.9 Å². The SMILES string of the molecule is Cc1nc(C(F)(F)F)c(C(=O)Nc2ccccc2-c2ccc(F)c(Cl)c2)s1. The normalized spacial score (nSPS) is 11.5. The van der Waals surface area contributed by atoms with Crippen molar-refractivity contribution in [3.05, 3.63) is 68.9 Å². The van der Waals surface area contributed by atoms with E-state index in [1.807, 2.05) is 0 Å². The van der Waals surface area contributed by atoms with Gasteiger partial charge in [-0.05, 0) is 30.7 Å². The largest absolute Gasteiger partial charge is 0.435 e. The number of aryl methyl sites for hydroxylation is 1. The van der Waals surface area contributed by atoms with Crippen LogP contribution in [0.1, 0.15) is 20.4 Å². The predicted molar refractivity (Wildman–Crippen MR) is 96.7 cm³/mol. The maximum absolute atomic E-state index is 13.4. The highest BCUT2D eigenvalue weighted by molar-refractivity contribution is 7.13. The van der Waals surface area contributed by atoms with E-state index in [2.05, 4.69) is 10.3 Å². The summed E-state index contributed by atoms with van der Waals surface area (Å²) in [6.45, 7) is 1.39. The number of amides is 1. The molecule has 1 aromatic heterocycles. The van der Waals surface area contributed by atoms with Crippen LogP contribution < -0.4 is 5.32 Å². The molecule has 0 fully saturated rings. The first-order chi connectivity index (χ1) is 12.7. The van der Waals surface area contributed by atoms with Crippen LogP contribution in [0.4, 0.5) is 23.2 Å². The van der Waals surface area contributed by atoms with Crippen molar-refractivity contribution >= 4 is 34.5 Å². The number of halogens is 5. The Morgan fingerprint density at radius 2 is 1.89 bits per heavy atom. The standard InChI is InChI=1S/C18H11ClF4N2OS/c1-9-24-16(18(21,22)23)15(27-9)17(26)25-14-5-3-2-4-11(14)10-6-7-13(20)12(19)8-10/h2-8H,1H3,(H,25,26). The van der Waals surface area contributed by atoms with Gasteiger partial charge in [0.1, 0.15) is 10.7 Å². The fourth-order valence-electron chi connectivity index (χ4n) is 2.46. The second-order valence-corrected chi connectivity index (χ2v) is 7.15. The molecule has 2 aromatic carbocycles. The minimum absolute atomic E-state index is 0.105. The summed E-state index contributed by atoms with van der Waals surface area (Å²) in [5, 5.41) is 2.50. The lowest BCUT2D eigenvalue weighted by Crippen LogP contribution is -2.17. The summed E-state index contributed by atoms with van der Waals surface area (Å²) in [4.78, 5) is 15.4. The lowest BCUT2D eigenvalue weighted by atomic mass is 10.0. The molecular weight excluding hydrogens is 404 g/mol. The topological polar surface area (TPSA) is 42.0 Å². The first-order valence-corrected chi connectivity index (χ1v) is 8.76. The Labute approximate surface area is 160 Å². The van der Waals surface area contributed by atoms with Gasteiger partial charge >= 0.3 is 6.18 Å². The molecule has 0 saturated carbocycles. The Morgan fingerprint density at radius 3 is 2.56 bits per heavy atom. The number of alkyl halides is 3. The highest BCUT2D eigenvalue weighted by Crippen LogP contribution is 2.36. The Balaban J connectivity index is 1.98. The molecule has 3 nitrogen and oxygen atoms in total. The molecule has 9 heteroatoms. The molecule has 3 aromatic rings. The number of anilines is 1. The molecule has 0 aliphatic carbocycles. The minimum atomic E-state index is -4.73. The van der Waals surface area contributed by atoms with Crippen molar-refractivity contribution in [2.24, 2.45) is 0 Å². The van der Waals surface area contributed by atoms with Gasteiger partial charge in [-0.15, -0.1) is 11.3 Å². The number of benzene rings is 2. The first-order valence-electron chi connectivity index (χ1n) is 7.57. The van der Waals surface area contributed by atoms with Crippen LogP contribution in [0.3, 0.4) is 0 Å². The van der Waals surface area contributed by atoms with Crippen molar-refractivity contribution in [1.29, 1.82) is 0 Å². The van der Waals surface area contributed by atoms with Crippen molar-refractivity contribution in [2.75, 3.05) is 5.32 Å².